The van der Waals surface area contributed by atoms with E-state index in [9.17, 15) is 0 Å². The molecule has 1 heterocycles. The highest BCUT2D eigenvalue weighted by molar-refractivity contribution is 6.42. The molecule has 3 rings (SSSR count). The van der Waals surface area contributed by atoms with Gasteiger partial charge in [0, 0.05) is 30.4 Å². The number of hydrogen-bond donors (Lipinski definition) is 1. The van der Waals surface area contributed by atoms with Crippen LogP contribution in [0.15, 0.2) is 18.2 Å². The first-order valence-corrected chi connectivity index (χ1v) is 7.82. The summed E-state index contributed by atoms with van der Waals surface area (Å²) in [5.41, 5.74) is 1.51. The van der Waals surface area contributed by atoms with Crippen LogP contribution in [0.2, 0.25) is 10.0 Å². The molecule has 4 heteroatoms. The van der Waals surface area contributed by atoms with Gasteiger partial charge in [0.25, 0.3) is 0 Å². The molecular weight excluding hydrogens is 279 g/mol. The summed E-state index contributed by atoms with van der Waals surface area (Å²) in [5.74, 6) is 0. The van der Waals surface area contributed by atoms with Gasteiger partial charge in [0.05, 0.1) is 10.0 Å². The maximum absolute atomic E-state index is 6.16. The lowest BCUT2D eigenvalue weighted by Gasteiger charge is -2.46. The van der Waals surface area contributed by atoms with E-state index < -0.39 is 0 Å². The van der Waals surface area contributed by atoms with Crippen LogP contribution in [0, 0.1) is 0 Å². The highest BCUT2D eigenvalue weighted by atomic mass is 35.5. The van der Waals surface area contributed by atoms with Crippen molar-refractivity contribution >= 4 is 28.9 Å². The molecule has 2 nitrogen and oxygen atoms in total. The van der Waals surface area contributed by atoms with Gasteiger partial charge >= 0.3 is 0 Å². The summed E-state index contributed by atoms with van der Waals surface area (Å²) in [6.45, 7) is 4.38. The van der Waals surface area contributed by atoms with E-state index in [-0.39, 0.29) is 0 Å². The summed E-state index contributed by atoms with van der Waals surface area (Å²) >= 11 is 12.2. The fraction of sp³-hybridized carbons (Fsp3) is 0.600. The van der Waals surface area contributed by atoms with Crippen molar-refractivity contribution in [2.24, 2.45) is 0 Å². The number of piperazine rings is 1. The number of nitrogens with zero attached hydrogens (tertiary/aromatic N) is 1. The molecule has 1 aliphatic carbocycles. The van der Waals surface area contributed by atoms with Crippen LogP contribution in [0.25, 0.3) is 0 Å². The minimum Gasteiger partial charge on any atom is -0.366 e. The number of benzene rings is 1. The van der Waals surface area contributed by atoms with E-state index in [1.54, 1.807) is 0 Å². The largest absolute Gasteiger partial charge is 0.366 e. The Labute approximate surface area is 125 Å². The Morgan fingerprint density at radius 1 is 1.21 bits per heavy atom. The number of anilines is 1. The molecule has 0 radical (unpaired) electrons. The topological polar surface area (TPSA) is 15.3 Å². The Balaban J connectivity index is 1.86. The van der Waals surface area contributed by atoms with Gasteiger partial charge < -0.3 is 10.2 Å². The molecule has 1 saturated carbocycles. The summed E-state index contributed by atoms with van der Waals surface area (Å²) in [6, 6.07) is 6.46. The van der Waals surface area contributed by atoms with Crippen LogP contribution in [-0.2, 0) is 0 Å². The first kappa shape index (κ1) is 13.5. The van der Waals surface area contributed by atoms with Gasteiger partial charge in [-0.25, -0.2) is 0 Å². The Morgan fingerprint density at radius 2 is 1.95 bits per heavy atom. The summed E-state index contributed by atoms with van der Waals surface area (Å²) < 4.78 is 0. The lowest BCUT2D eigenvalue weighted by Crippen LogP contribution is -2.62. The molecule has 0 aromatic heterocycles. The number of nitrogens with one attached hydrogen (secondary N) is 1. The van der Waals surface area contributed by atoms with Crippen molar-refractivity contribution in [2.45, 2.75) is 44.2 Å². The molecule has 1 spiro atoms. The van der Waals surface area contributed by atoms with Gasteiger partial charge in [0.15, 0.2) is 0 Å². The van der Waals surface area contributed by atoms with Crippen LogP contribution in [-0.4, -0.2) is 24.7 Å². The number of halogens is 2. The number of rotatable bonds is 1. The average Bonchev–Trinajstić information content (AvgIpc) is 2.85. The van der Waals surface area contributed by atoms with Crippen molar-refractivity contribution in [2.75, 3.05) is 18.0 Å². The molecule has 1 unspecified atom stereocenters. The van der Waals surface area contributed by atoms with Crippen molar-refractivity contribution < 1.29 is 0 Å². The molecule has 0 amide bonds. The molecule has 1 N–H and O–H groups in total. The Hall–Kier alpha value is -0.440. The molecule has 2 fully saturated rings. The van der Waals surface area contributed by atoms with Gasteiger partial charge in [-0.1, -0.05) is 36.0 Å². The number of hydrogen-bond acceptors (Lipinski definition) is 2. The van der Waals surface area contributed by atoms with Gasteiger partial charge in [-0.2, -0.15) is 0 Å². The molecule has 1 aromatic carbocycles. The smallest absolute Gasteiger partial charge is 0.0612 e. The summed E-state index contributed by atoms with van der Waals surface area (Å²) in [4.78, 5) is 2.48. The van der Waals surface area contributed by atoms with Crippen molar-refractivity contribution in [1.29, 1.82) is 0 Å². The molecule has 104 valence electrons. The van der Waals surface area contributed by atoms with Gasteiger partial charge in [-0.3, -0.25) is 0 Å². The Morgan fingerprint density at radius 3 is 2.63 bits per heavy atom. The van der Waals surface area contributed by atoms with Crippen LogP contribution in [0.5, 0.6) is 0 Å². The molecule has 1 aromatic rings. The zero-order chi connectivity index (χ0) is 13.5. The minimum atomic E-state index is 0.318. The lowest BCUT2D eigenvalue weighted by atomic mass is 9.92. The van der Waals surface area contributed by atoms with Crippen molar-refractivity contribution in [3.63, 3.8) is 0 Å². The second-order valence-corrected chi connectivity index (χ2v) is 6.76. The average molecular weight is 299 g/mol. The molecule has 1 atom stereocenters. The highest BCUT2D eigenvalue weighted by Gasteiger charge is 2.39. The normalized spacial score (nSPS) is 26.1. The van der Waals surface area contributed by atoms with Gasteiger partial charge in [-0.05, 0) is 38.0 Å². The second-order valence-electron chi connectivity index (χ2n) is 5.94. The maximum Gasteiger partial charge on any atom is 0.0612 e. The quantitative estimate of drug-likeness (QED) is 0.839. The molecule has 1 aliphatic heterocycles. The van der Waals surface area contributed by atoms with Crippen LogP contribution in [0.4, 0.5) is 5.69 Å². The van der Waals surface area contributed by atoms with E-state index in [0.717, 1.165) is 13.1 Å². The zero-order valence-electron chi connectivity index (χ0n) is 11.3. The summed E-state index contributed by atoms with van der Waals surface area (Å²) in [6.07, 6.45) is 5.27. The third kappa shape index (κ3) is 2.58. The second kappa shape index (κ2) is 5.16. The van der Waals surface area contributed by atoms with E-state index in [0.29, 0.717) is 21.6 Å². The van der Waals surface area contributed by atoms with Crippen LogP contribution < -0.4 is 10.2 Å². The van der Waals surface area contributed by atoms with E-state index in [4.69, 9.17) is 23.2 Å². The van der Waals surface area contributed by atoms with Gasteiger partial charge in [-0.15, -0.1) is 0 Å². The minimum absolute atomic E-state index is 0.318. The highest BCUT2D eigenvalue weighted by Crippen LogP contribution is 2.36. The van der Waals surface area contributed by atoms with Gasteiger partial charge in [0.1, 0.15) is 0 Å². The lowest BCUT2D eigenvalue weighted by molar-refractivity contribution is 0.276. The van der Waals surface area contributed by atoms with Crippen molar-refractivity contribution in [3.05, 3.63) is 28.2 Å². The third-order valence-corrected chi connectivity index (χ3v) is 5.31. The van der Waals surface area contributed by atoms with E-state index in [2.05, 4.69) is 23.2 Å². The van der Waals surface area contributed by atoms with E-state index in [1.807, 2.05) is 12.1 Å². The summed E-state index contributed by atoms with van der Waals surface area (Å²) in [7, 11) is 0. The predicted molar refractivity (Wildman–Crippen MR) is 82.5 cm³/mol. The van der Waals surface area contributed by atoms with Crippen molar-refractivity contribution in [3.8, 4) is 0 Å². The first-order valence-electron chi connectivity index (χ1n) is 7.06. The fourth-order valence-corrected chi connectivity index (χ4v) is 3.70. The van der Waals surface area contributed by atoms with E-state index in [1.165, 1.54) is 31.4 Å². The Kier molecular flexibility index (Phi) is 3.67. The van der Waals surface area contributed by atoms with Crippen molar-refractivity contribution in [1.82, 2.24) is 5.32 Å². The molecule has 2 aliphatic rings. The van der Waals surface area contributed by atoms with E-state index >= 15 is 0 Å². The Bertz CT molecular complexity index is 469. The molecule has 1 saturated heterocycles. The van der Waals surface area contributed by atoms with Crippen LogP contribution in [0.1, 0.15) is 32.6 Å². The fourth-order valence-electron chi connectivity index (χ4n) is 3.41. The van der Waals surface area contributed by atoms with Crippen LogP contribution >= 0.6 is 23.2 Å². The monoisotopic (exact) mass is 298 g/mol. The summed E-state index contributed by atoms with van der Waals surface area (Å²) in [5, 5.41) is 5.04. The SMILES string of the molecule is CC1CNC2(CCCC2)CN1c1ccc(Cl)c(Cl)c1. The van der Waals surface area contributed by atoms with Gasteiger partial charge in [0.2, 0.25) is 0 Å². The first-order chi connectivity index (χ1) is 9.10. The zero-order valence-corrected chi connectivity index (χ0v) is 12.8. The third-order valence-electron chi connectivity index (χ3n) is 4.57. The predicted octanol–water partition coefficient (Wildman–Crippen LogP) is 4.10. The van der Waals surface area contributed by atoms with Crippen LogP contribution in [0.3, 0.4) is 0 Å². The molecule has 19 heavy (non-hydrogen) atoms. The maximum atomic E-state index is 6.16. The molecule has 0 bridgehead atoms. The standard InChI is InChI=1S/C15H20Cl2N2/c1-11-9-18-15(6-2-3-7-15)10-19(11)12-4-5-13(16)14(17)8-12/h4-5,8,11,18H,2-3,6-7,9-10H2,1H3. The molecular formula is C15H20Cl2N2.